The smallest absolute Gasteiger partial charge is 0.151 e. The van der Waals surface area contributed by atoms with Crippen molar-refractivity contribution >= 4 is 6.29 Å². The quantitative estimate of drug-likeness (QED) is 0.280. The standard InChI is InChI=1S/C6H13NO5/c7-1-3(9)5(11)6(12)4(10)2-8/h2-6,9-12H,1,7H2/t3-,4+,5-,6+/m1/s1. The highest BCUT2D eigenvalue weighted by atomic mass is 16.4. The van der Waals surface area contributed by atoms with Gasteiger partial charge in [0.2, 0.25) is 0 Å². The molecule has 0 fully saturated rings. The third-order valence-corrected chi connectivity index (χ3v) is 1.47. The van der Waals surface area contributed by atoms with Gasteiger partial charge in [-0.15, -0.1) is 0 Å². The predicted octanol–water partition coefficient (Wildman–Crippen LogP) is -3.41. The summed E-state index contributed by atoms with van der Waals surface area (Å²) in [5.74, 6) is 0. The zero-order chi connectivity index (χ0) is 9.72. The van der Waals surface area contributed by atoms with Crippen molar-refractivity contribution in [3.63, 3.8) is 0 Å². The number of aliphatic hydroxyl groups is 4. The third-order valence-electron chi connectivity index (χ3n) is 1.47. The van der Waals surface area contributed by atoms with Crippen LogP contribution >= 0.6 is 0 Å². The van der Waals surface area contributed by atoms with Gasteiger partial charge in [0.25, 0.3) is 0 Å². The summed E-state index contributed by atoms with van der Waals surface area (Å²) in [6.07, 6.45) is -6.32. The first-order valence-electron chi connectivity index (χ1n) is 3.42. The lowest BCUT2D eigenvalue weighted by molar-refractivity contribution is -0.132. The number of carbonyl (C=O) groups is 1. The zero-order valence-corrected chi connectivity index (χ0v) is 6.37. The van der Waals surface area contributed by atoms with Gasteiger partial charge >= 0.3 is 0 Å². The predicted molar refractivity (Wildman–Crippen MR) is 39.1 cm³/mol. The Morgan fingerprint density at radius 2 is 1.67 bits per heavy atom. The van der Waals surface area contributed by atoms with Crippen LogP contribution in [0.3, 0.4) is 0 Å². The van der Waals surface area contributed by atoms with E-state index in [0.717, 1.165) is 0 Å². The number of hydrogen-bond acceptors (Lipinski definition) is 6. The van der Waals surface area contributed by atoms with Crippen molar-refractivity contribution in [2.75, 3.05) is 6.54 Å². The Balaban J connectivity index is 4.07. The lowest BCUT2D eigenvalue weighted by Gasteiger charge is -2.22. The number of nitrogens with two attached hydrogens (primary N) is 1. The van der Waals surface area contributed by atoms with Crippen molar-refractivity contribution in [3.8, 4) is 0 Å². The van der Waals surface area contributed by atoms with Crippen molar-refractivity contribution in [2.45, 2.75) is 24.4 Å². The van der Waals surface area contributed by atoms with Crippen LogP contribution in [0.4, 0.5) is 0 Å². The Morgan fingerprint density at radius 1 is 1.17 bits per heavy atom. The van der Waals surface area contributed by atoms with E-state index in [0.29, 0.717) is 0 Å². The molecular formula is C6H13NO5. The molecule has 6 nitrogen and oxygen atoms in total. The molecule has 0 aromatic carbocycles. The Bertz CT molecular complexity index is 142. The van der Waals surface area contributed by atoms with E-state index in [1.165, 1.54) is 0 Å². The molecule has 6 N–H and O–H groups in total. The molecule has 0 radical (unpaired) electrons. The van der Waals surface area contributed by atoms with Crippen LogP contribution in [-0.4, -0.2) is 57.7 Å². The van der Waals surface area contributed by atoms with Crippen molar-refractivity contribution in [3.05, 3.63) is 0 Å². The van der Waals surface area contributed by atoms with Gasteiger partial charge in [-0.05, 0) is 0 Å². The first kappa shape index (κ1) is 11.5. The third kappa shape index (κ3) is 2.84. The van der Waals surface area contributed by atoms with Crippen LogP contribution in [0.5, 0.6) is 0 Å². The molecule has 0 heterocycles. The second-order valence-corrected chi connectivity index (χ2v) is 2.41. The fraction of sp³-hybridized carbons (Fsp3) is 0.833. The van der Waals surface area contributed by atoms with Gasteiger partial charge < -0.3 is 31.0 Å². The van der Waals surface area contributed by atoms with Crippen LogP contribution in [0.15, 0.2) is 0 Å². The van der Waals surface area contributed by atoms with E-state index >= 15 is 0 Å². The number of hydrogen-bond donors (Lipinski definition) is 5. The SMILES string of the molecule is NC[C@@H](O)[C@@H](O)[C@@H](O)[C@@H](O)C=O. The number of aldehydes is 1. The molecule has 0 aromatic heterocycles. The number of carbonyl (C=O) groups excluding carboxylic acids is 1. The molecule has 0 saturated carbocycles. The van der Waals surface area contributed by atoms with Gasteiger partial charge in [-0.2, -0.15) is 0 Å². The largest absolute Gasteiger partial charge is 0.389 e. The minimum Gasteiger partial charge on any atom is -0.389 e. The summed E-state index contributed by atoms with van der Waals surface area (Å²) >= 11 is 0. The van der Waals surface area contributed by atoms with Crippen molar-refractivity contribution in [1.82, 2.24) is 0 Å². The molecule has 4 atom stereocenters. The molecule has 0 amide bonds. The first-order chi connectivity index (χ1) is 5.54. The number of rotatable bonds is 5. The molecule has 0 unspecified atom stereocenters. The Morgan fingerprint density at radius 3 is 2.00 bits per heavy atom. The summed E-state index contributed by atoms with van der Waals surface area (Å²) in [7, 11) is 0. The lowest BCUT2D eigenvalue weighted by Crippen LogP contribution is -2.47. The van der Waals surface area contributed by atoms with Gasteiger partial charge in [0.05, 0.1) is 6.10 Å². The van der Waals surface area contributed by atoms with Gasteiger partial charge in [0.1, 0.15) is 18.3 Å². The van der Waals surface area contributed by atoms with Crippen LogP contribution in [0.2, 0.25) is 0 Å². The van der Waals surface area contributed by atoms with E-state index in [9.17, 15) is 4.79 Å². The van der Waals surface area contributed by atoms with Gasteiger partial charge in [-0.1, -0.05) is 0 Å². The molecule has 0 bridgehead atoms. The van der Waals surface area contributed by atoms with Gasteiger partial charge in [0, 0.05) is 6.54 Å². The fourth-order valence-electron chi connectivity index (χ4n) is 0.650. The minimum absolute atomic E-state index is 0.0666. The van der Waals surface area contributed by atoms with Crippen LogP contribution in [0.25, 0.3) is 0 Å². The molecule has 6 heteroatoms. The van der Waals surface area contributed by atoms with E-state index in [1.54, 1.807) is 0 Å². The summed E-state index contributed by atoms with van der Waals surface area (Å²) in [5, 5.41) is 35.5. The number of aliphatic hydroxyl groups excluding tert-OH is 4. The maximum atomic E-state index is 9.93. The highest BCUT2D eigenvalue weighted by molar-refractivity contribution is 5.56. The van der Waals surface area contributed by atoms with E-state index < -0.39 is 24.4 Å². The minimum atomic E-state index is -1.71. The maximum Gasteiger partial charge on any atom is 0.151 e. The lowest BCUT2D eigenvalue weighted by atomic mass is 10.0. The molecule has 0 aliphatic rings. The second kappa shape index (κ2) is 5.18. The highest BCUT2D eigenvalue weighted by Crippen LogP contribution is 2.02. The van der Waals surface area contributed by atoms with Crippen LogP contribution in [0, 0.1) is 0 Å². The molecule has 72 valence electrons. The van der Waals surface area contributed by atoms with E-state index in [4.69, 9.17) is 26.2 Å². The Hall–Kier alpha value is -0.530. The molecule has 0 rings (SSSR count). The van der Waals surface area contributed by atoms with Crippen molar-refractivity contribution in [2.24, 2.45) is 5.73 Å². The topological polar surface area (TPSA) is 124 Å². The van der Waals surface area contributed by atoms with Gasteiger partial charge in [-0.3, -0.25) is 0 Å². The maximum absolute atomic E-state index is 9.93. The molecule has 0 aromatic rings. The second-order valence-electron chi connectivity index (χ2n) is 2.41. The summed E-state index contributed by atoms with van der Waals surface area (Å²) in [6.45, 7) is -0.260. The summed E-state index contributed by atoms with van der Waals surface area (Å²) in [5.41, 5.74) is 4.96. The molecule has 0 aliphatic heterocycles. The van der Waals surface area contributed by atoms with E-state index in [2.05, 4.69) is 0 Å². The zero-order valence-electron chi connectivity index (χ0n) is 6.37. The van der Waals surface area contributed by atoms with Crippen LogP contribution < -0.4 is 5.73 Å². The summed E-state index contributed by atoms with van der Waals surface area (Å²) < 4.78 is 0. The Kier molecular flexibility index (Phi) is 4.95. The summed E-state index contributed by atoms with van der Waals surface area (Å²) in [4.78, 5) is 9.93. The molecule has 0 spiro atoms. The highest BCUT2D eigenvalue weighted by Gasteiger charge is 2.29. The van der Waals surface area contributed by atoms with Crippen molar-refractivity contribution < 1.29 is 25.2 Å². The molecule has 0 saturated heterocycles. The van der Waals surface area contributed by atoms with Gasteiger partial charge in [-0.25, -0.2) is 0 Å². The average molecular weight is 179 g/mol. The first-order valence-corrected chi connectivity index (χ1v) is 3.42. The molecule has 12 heavy (non-hydrogen) atoms. The molecular weight excluding hydrogens is 166 g/mol. The average Bonchev–Trinajstić information content (AvgIpc) is 2.12. The van der Waals surface area contributed by atoms with Crippen LogP contribution in [-0.2, 0) is 4.79 Å². The Labute approximate surface area is 69.2 Å². The van der Waals surface area contributed by atoms with Crippen molar-refractivity contribution in [1.29, 1.82) is 0 Å². The normalized spacial score (nSPS) is 21.1. The van der Waals surface area contributed by atoms with Gasteiger partial charge in [0.15, 0.2) is 6.29 Å². The summed E-state index contributed by atoms with van der Waals surface area (Å²) in [6, 6.07) is 0. The molecule has 0 aliphatic carbocycles. The van der Waals surface area contributed by atoms with E-state index in [-0.39, 0.29) is 12.8 Å². The fourth-order valence-corrected chi connectivity index (χ4v) is 0.650. The van der Waals surface area contributed by atoms with Crippen LogP contribution in [0.1, 0.15) is 0 Å². The van der Waals surface area contributed by atoms with E-state index in [1.807, 2.05) is 0 Å². The monoisotopic (exact) mass is 179 g/mol.